The largest absolute Gasteiger partial charge is 0.459 e. The van der Waals surface area contributed by atoms with Crippen LogP contribution in [0.4, 0.5) is 0 Å². The zero-order chi connectivity index (χ0) is 12.4. The standard InChI is InChI=1S/C15H21NO/c1-5-10(2)16-12(4)15-11(3)13-8-6-7-9-14(13)17-15/h6-10,12,16H,5H2,1-4H3. The van der Waals surface area contributed by atoms with Crippen molar-refractivity contribution in [3.63, 3.8) is 0 Å². The summed E-state index contributed by atoms with van der Waals surface area (Å²) < 4.78 is 5.94. The average Bonchev–Trinajstić information content (AvgIpc) is 2.67. The van der Waals surface area contributed by atoms with Crippen molar-refractivity contribution < 1.29 is 4.42 Å². The molecule has 0 saturated heterocycles. The lowest BCUT2D eigenvalue weighted by Crippen LogP contribution is -2.28. The number of nitrogens with one attached hydrogen (secondary N) is 1. The molecule has 1 aromatic heterocycles. The summed E-state index contributed by atoms with van der Waals surface area (Å²) in [7, 11) is 0. The van der Waals surface area contributed by atoms with E-state index < -0.39 is 0 Å². The Morgan fingerprint density at radius 2 is 1.94 bits per heavy atom. The zero-order valence-corrected chi connectivity index (χ0v) is 11.1. The molecule has 1 N–H and O–H groups in total. The lowest BCUT2D eigenvalue weighted by atomic mass is 10.1. The first-order valence-electron chi connectivity index (χ1n) is 6.37. The van der Waals surface area contributed by atoms with E-state index in [9.17, 15) is 0 Å². The molecule has 0 bridgehead atoms. The van der Waals surface area contributed by atoms with Gasteiger partial charge in [-0.1, -0.05) is 25.1 Å². The lowest BCUT2D eigenvalue weighted by Gasteiger charge is -2.17. The van der Waals surface area contributed by atoms with E-state index in [4.69, 9.17) is 4.42 Å². The molecule has 92 valence electrons. The maximum Gasteiger partial charge on any atom is 0.134 e. The van der Waals surface area contributed by atoms with Gasteiger partial charge in [-0.2, -0.15) is 0 Å². The predicted octanol–water partition coefficient (Wildman–Crippen LogP) is 4.19. The molecule has 17 heavy (non-hydrogen) atoms. The van der Waals surface area contributed by atoms with Gasteiger partial charge in [-0.05, 0) is 38.8 Å². The summed E-state index contributed by atoms with van der Waals surface area (Å²) in [6, 6.07) is 8.99. The third-order valence-corrected chi connectivity index (χ3v) is 3.42. The number of fused-ring (bicyclic) bond motifs is 1. The van der Waals surface area contributed by atoms with Crippen LogP contribution in [-0.2, 0) is 0 Å². The third-order valence-electron chi connectivity index (χ3n) is 3.42. The highest BCUT2D eigenvalue weighted by Gasteiger charge is 2.17. The molecule has 0 saturated carbocycles. The van der Waals surface area contributed by atoms with Crippen LogP contribution in [0.5, 0.6) is 0 Å². The number of furan rings is 1. The first kappa shape index (κ1) is 12.2. The highest BCUT2D eigenvalue weighted by Crippen LogP contribution is 2.29. The Kier molecular flexibility index (Phi) is 3.53. The van der Waals surface area contributed by atoms with Crippen LogP contribution in [0.15, 0.2) is 28.7 Å². The summed E-state index contributed by atoms with van der Waals surface area (Å²) in [5, 5.41) is 4.78. The Hall–Kier alpha value is -1.28. The fraction of sp³-hybridized carbons (Fsp3) is 0.467. The quantitative estimate of drug-likeness (QED) is 0.853. The Balaban J connectivity index is 2.32. The summed E-state index contributed by atoms with van der Waals surface area (Å²) in [6.45, 7) is 8.69. The average molecular weight is 231 g/mol. The van der Waals surface area contributed by atoms with Crippen molar-refractivity contribution in [1.29, 1.82) is 0 Å². The molecule has 0 amide bonds. The van der Waals surface area contributed by atoms with Gasteiger partial charge >= 0.3 is 0 Å². The molecule has 1 heterocycles. The van der Waals surface area contributed by atoms with Gasteiger partial charge in [-0.15, -0.1) is 0 Å². The van der Waals surface area contributed by atoms with E-state index in [0.29, 0.717) is 6.04 Å². The topological polar surface area (TPSA) is 25.2 Å². The van der Waals surface area contributed by atoms with E-state index in [1.807, 2.05) is 12.1 Å². The Labute approximate surface area is 103 Å². The van der Waals surface area contributed by atoms with Gasteiger partial charge in [0, 0.05) is 11.4 Å². The Morgan fingerprint density at radius 3 is 2.59 bits per heavy atom. The maximum atomic E-state index is 5.94. The van der Waals surface area contributed by atoms with Gasteiger partial charge in [0.2, 0.25) is 0 Å². The van der Waals surface area contributed by atoms with Crippen molar-refractivity contribution in [2.75, 3.05) is 0 Å². The second-order valence-corrected chi connectivity index (χ2v) is 4.79. The van der Waals surface area contributed by atoms with Gasteiger partial charge in [0.15, 0.2) is 0 Å². The summed E-state index contributed by atoms with van der Waals surface area (Å²) in [6.07, 6.45) is 1.13. The fourth-order valence-electron chi connectivity index (χ4n) is 2.23. The van der Waals surface area contributed by atoms with Crippen LogP contribution < -0.4 is 5.32 Å². The monoisotopic (exact) mass is 231 g/mol. The fourth-order valence-corrected chi connectivity index (χ4v) is 2.23. The van der Waals surface area contributed by atoms with E-state index in [1.165, 1.54) is 10.9 Å². The normalized spacial score (nSPS) is 15.1. The molecular formula is C15H21NO. The van der Waals surface area contributed by atoms with Crippen molar-refractivity contribution in [3.8, 4) is 0 Å². The summed E-state index contributed by atoms with van der Waals surface area (Å²) in [5.41, 5.74) is 2.24. The molecule has 2 heteroatoms. The molecule has 2 rings (SSSR count). The molecule has 0 radical (unpaired) electrons. The number of hydrogen-bond acceptors (Lipinski definition) is 2. The van der Waals surface area contributed by atoms with Gasteiger partial charge in [-0.25, -0.2) is 0 Å². The van der Waals surface area contributed by atoms with Crippen LogP contribution in [0, 0.1) is 6.92 Å². The van der Waals surface area contributed by atoms with Gasteiger partial charge < -0.3 is 9.73 Å². The van der Waals surface area contributed by atoms with E-state index in [2.05, 4.69) is 45.1 Å². The number of hydrogen-bond donors (Lipinski definition) is 1. The third kappa shape index (κ3) is 2.37. The first-order chi connectivity index (χ1) is 8.13. The molecular weight excluding hydrogens is 210 g/mol. The summed E-state index contributed by atoms with van der Waals surface area (Å²) in [4.78, 5) is 0. The molecule has 2 unspecified atom stereocenters. The van der Waals surface area contributed by atoms with Crippen molar-refractivity contribution >= 4 is 11.0 Å². The van der Waals surface area contributed by atoms with Crippen LogP contribution in [-0.4, -0.2) is 6.04 Å². The first-order valence-corrected chi connectivity index (χ1v) is 6.37. The SMILES string of the molecule is CCC(C)NC(C)c1oc2ccccc2c1C. The smallest absolute Gasteiger partial charge is 0.134 e. The van der Waals surface area contributed by atoms with E-state index in [0.717, 1.165) is 17.8 Å². The summed E-state index contributed by atoms with van der Waals surface area (Å²) >= 11 is 0. The second-order valence-electron chi connectivity index (χ2n) is 4.79. The van der Waals surface area contributed by atoms with Crippen LogP contribution >= 0.6 is 0 Å². The second kappa shape index (κ2) is 4.92. The van der Waals surface area contributed by atoms with Crippen LogP contribution in [0.25, 0.3) is 11.0 Å². The Bertz CT molecular complexity index is 501. The van der Waals surface area contributed by atoms with Gasteiger partial charge in [0.1, 0.15) is 11.3 Å². The van der Waals surface area contributed by atoms with Crippen LogP contribution in [0.1, 0.15) is 44.6 Å². The summed E-state index contributed by atoms with van der Waals surface area (Å²) in [5.74, 6) is 1.06. The highest BCUT2D eigenvalue weighted by molar-refractivity contribution is 5.82. The van der Waals surface area contributed by atoms with Crippen molar-refractivity contribution in [1.82, 2.24) is 5.32 Å². The maximum absolute atomic E-state index is 5.94. The number of aryl methyl sites for hydroxylation is 1. The number of benzene rings is 1. The molecule has 2 nitrogen and oxygen atoms in total. The minimum absolute atomic E-state index is 0.261. The lowest BCUT2D eigenvalue weighted by molar-refractivity contribution is 0.404. The molecule has 1 aromatic carbocycles. The minimum Gasteiger partial charge on any atom is -0.459 e. The molecule has 0 aliphatic rings. The van der Waals surface area contributed by atoms with E-state index in [1.54, 1.807) is 0 Å². The van der Waals surface area contributed by atoms with Gasteiger partial charge in [-0.3, -0.25) is 0 Å². The predicted molar refractivity (Wildman–Crippen MR) is 72.3 cm³/mol. The minimum atomic E-state index is 0.261. The number of rotatable bonds is 4. The van der Waals surface area contributed by atoms with E-state index >= 15 is 0 Å². The molecule has 0 fully saturated rings. The number of para-hydroxylation sites is 1. The molecule has 0 aliphatic carbocycles. The van der Waals surface area contributed by atoms with Crippen LogP contribution in [0.3, 0.4) is 0 Å². The van der Waals surface area contributed by atoms with Crippen molar-refractivity contribution in [2.24, 2.45) is 0 Å². The van der Waals surface area contributed by atoms with Crippen LogP contribution in [0.2, 0.25) is 0 Å². The highest BCUT2D eigenvalue weighted by atomic mass is 16.3. The molecule has 2 atom stereocenters. The molecule has 2 aromatic rings. The van der Waals surface area contributed by atoms with Gasteiger partial charge in [0.25, 0.3) is 0 Å². The molecule has 0 aliphatic heterocycles. The molecule has 0 spiro atoms. The van der Waals surface area contributed by atoms with E-state index in [-0.39, 0.29) is 6.04 Å². The zero-order valence-electron chi connectivity index (χ0n) is 11.1. The van der Waals surface area contributed by atoms with Gasteiger partial charge in [0.05, 0.1) is 6.04 Å². The van der Waals surface area contributed by atoms with Crippen molar-refractivity contribution in [3.05, 3.63) is 35.6 Å². The van der Waals surface area contributed by atoms with Crippen molar-refractivity contribution in [2.45, 2.75) is 46.2 Å². The Morgan fingerprint density at radius 1 is 1.24 bits per heavy atom.